The van der Waals surface area contributed by atoms with Gasteiger partial charge in [0.05, 0.1) is 23.7 Å². The second-order valence-corrected chi connectivity index (χ2v) is 5.83. The Balaban J connectivity index is 1.88. The first-order chi connectivity index (χ1) is 12.9. The summed E-state index contributed by atoms with van der Waals surface area (Å²) in [6.45, 7) is 1.52. The van der Waals surface area contributed by atoms with Gasteiger partial charge in [-0.3, -0.25) is 24.4 Å². The van der Waals surface area contributed by atoms with Gasteiger partial charge in [0.25, 0.3) is 0 Å². The van der Waals surface area contributed by atoms with Gasteiger partial charge in [0.15, 0.2) is 5.75 Å². The predicted molar refractivity (Wildman–Crippen MR) is 99.0 cm³/mol. The van der Waals surface area contributed by atoms with Gasteiger partial charge in [-0.2, -0.15) is 5.10 Å². The summed E-state index contributed by atoms with van der Waals surface area (Å²) in [5, 5.41) is 18.2. The third kappa shape index (κ3) is 3.61. The summed E-state index contributed by atoms with van der Waals surface area (Å²) in [5.74, 6) is -0.344. The number of hydrogen-bond donors (Lipinski definition) is 1. The number of anilines is 1. The number of nitrogens with one attached hydrogen (secondary N) is 1. The SMILES string of the molecule is COc1cc(NC(=O)Cn2ncc(=O)c3ccccc32)c(C)cc1[N+](=O)[O-]. The van der Waals surface area contributed by atoms with Crippen LogP contribution in [0.4, 0.5) is 11.4 Å². The molecule has 138 valence electrons. The molecule has 1 aromatic heterocycles. The van der Waals surface area contributed by atoms with Crippen LogP contribution in [-0.4, -0.2) is 27.7 Å². The standard InChI is InChI=1S/C18H16N4O5/c1-11-7-15(22(25)26)17(27-2)8-13(11)20-18(24)10-21-14-6-4-3-5-12(14)16(23)9-19-21/h3-9H,10H2,1-2H3,(H,20,24). The first-order valence-electron chi connectivity index (χ1n) is 7.98. The van der Waals surface area contributed by atoms with Crippen LogP contribution in [0.1, 0.15) is 5.56 Å². The van der Waals surface area contributed by atoms with Crippen LogP contribution >= 0.6 is 0 Å². The summed E-state index contributed by atoms with van der Waals surface area (Å²) in [6, 6.07) is 9.60. The maximum atomic E-state index is 12.5. The van der Waals surface area contributed by atoms with Crippen LogP contribution in [0.2, 0.25) is 0 Å². The quantitative estimate of drug-likeness (QED) is 0.545. The molecule has 0 aliphatic carbocycles. The average Bonchev–Trinajstić information content (AvgIpc) is 2.65. The number of amides is 1. The molecule has 0 unspecified atom stereocenters. The number of aryl methyl sites for hydroxylation is 1. The summed E-state index contributed by atoms with van der Waals surface area (Å²) in [6.07, 6.45) is 1.16. The molecule has 9 heteroatoms. The highest BCUT2D eigenvalue weighted by atomic mass is 16.6. The Bertz CT molecular complexity index is 1110. The molecule has 0 fully saturated rings. The molecule has 3 rings (SSSR count). The van der Waals surface area contributed by atoms with E-state index < -0.39 is 10.8 Å². The van der Waals surface area contributed by atoms with Crippen LogP contribution in [0, 0.1) is 17.0 Å². The van der Waals surface area contributed by atoms with Gasteiger partial charge in [-0.25, -0.2) is 0 Å². The van der Waals surface area contributed by atoms with Crippen molar-refractivity contribution >= 4 is 28.2 Å². The molecule has 27 heavy (non-hydrogen) atoms. The fraction of sp³-hybridized carbons (Fsp3) is 0.167. The van der Waals surface area contributed by atoms with E-state index in [9.17, 15) is 19.7 Å². The minimum absolute atomic E-state index is 0.0489. The van der Waals surface area contributed by atoms with E-state index in [1.165, 1.54) is 23.9 Å². The van der Waals surface area contributed by atoms with E-state index in [2.05, 4.69) is 10.4 Å². The minimum atomic E-state index is -0.548. The number of nitrogens with zero attached hydrogens (tertiary/aromatic N) is 3. The zero-order valence-electron chi connectivity index (χ0n) is 14.6. The van der Waals surface area contributed by atoms with Crippen LogP contribution in [0.3, 0.4) is 0 Å². The number of methoxy groups -OCH3 is 1. The van der Waals surface area contributed by atoms with Crippen LogP contribution in [-0.2, 0) is 11.3 Å². The number of ether oxygens (including phenoxy) is 1. The number of rotatable bonds is 5. The molecule has 1 N–H and O–H groups in total. The number of carbonyl (C=O) groups is 1. The van der Waals surface area contributed by atoms with Gasteiger partial charge in [0.1, 0.15) is 6.54 Å². The Morgan fingerprint density at radius 1 is 1.33 bits per heavy atom. The molecule has 3 aromatic rings. The molecule has 0 radical (unpaired) electrons. The van der Waals surface area contributed by atoms with Crippen LogP contribution < -0.4 is 15.5 Å². The smallest absolute Gasteiger partial charge is 0.311 e. The number of para-hydroxylation sites is 1. The zero-order valence-corrected chi connectivity index (χ0v) is 14.6. The molecule has 1 heterocycles. The van der Waals surface area contributed by atoms with E-state index in [-0.39, 0.29) is 23.4 Å². The third-order valence-corrected chi connectivity index (χ3v) is 4.05. The summed E-state index contributed by atoms with van der Waals surface area (Å²) >= 11 is 0. The molecule has 2 aromatic carbocycles. The van der Waals surface area contributed by atoms with Crippen molar-refractivity contribution in [3.05, 3.63) is 68.5 Å². The van der Waals surface area contributed by atoms with Gasteiger partial charge in [-0.15, -0.1) is 0 Å². The summed E-state index contributed by atoms with van der Waals surface area (Å²) in [7, 11) is 1.32. The van der Waals surface area contributed by atoms with E-state index in [4.69, 9.17) is 4.74 Å². The van der Waals surface area contributed by atoms with Gasteiger partial charge in [-0.1, -0.05) is 12.1 Å². The lowest BCUT2D eigenvalue weighted by molar-refractivity contribution is -0.385. The second kappa shape index (κ2) is 7.24. The molecule has 1 amide bonds. The Morgan fingerprint density at radius 2 is 2.07 bits per heavy atom. The van der Waals surface area contributed by atoms with Crippen LogP contribution in [0.5, 0.6) is 5.75 Å². The number of nitro benzene ring substituents is 1. The lowest BCUT2D eigenvalue weighted by atomic mass is 10.1. The molecular weight excluding hydrogens is 352 g/mol. The number of aromatic nitrogens is 2. The second-order valence-electron chi connectivity index (χ2n) is 5.83. The van der Waals surface area contributed by atoms with Crippen molar-refractivity contribution in [1.29, 1.82) is 0 Å². The fourth-order valence-corrected chi connectivity index (χ4v) is 2.73. The maximum absolute atomic E-state index is 12.5. The van der Waals surface area contributed by atoms with Gasteiger partial charge in [0, 0.05) is 23.2 Å². The Morgan fingerprint density at radius 3 is 2.78 bits per heavy atom. The van der Waals surface area contributed by atoms with E-state index in [1.54, 1.807) is 31.2 Å². The average molecular weight is 368 g/mol. The molecular formula is C18H16N4O5. The Hall–Kier alpha value is -3.75. The van der Waals surface area contributed by atoms with Crippen molar-refractivity contribution in [2.24, 2.45) is 0 Å². The normalized spacial score (nSPS) is 10.6. The lowest BCUT2D eigenvalue weighted by Crippen LogP contribution is -2.22. The van der Waals surface area contributed by atoms with E-state index in [0.717, 1.165) is 6.20 Å². The molecule has 0 saturated heterocycles. The zero-order chi connectivity index (χ0) is 19.6. The highest BCUT2D eigenvalue weighted by Gasteiger charge is 2.18. The Labute approximate surface area is 153 Å². The van der Waals surface area contributed by atoms with Crippen molar-refractivity contribution in [1.82, 2.24) is 9.78 Å². The summed E-state index contributed by atoms with van der Waals surface area (Å²) < 4.78 is 6.45. The van der Waals surface area contributed by atoms with Gasteiger partial charge < -0.3 is 10.1 Å². The first kappa shape index (κ1) is 18.1. The number of hydrogen-bond acceptors (Lipinski definition) is 6. The van der Waals surface area contributed by atoms with Crippen molar-refractivity contribution in [3.63, 3.8) is 0 Å². The molecule has 0 saturated carbocycles. The monoisotopic (exact) mass is 368 g/mol. The topological polar surface area (TPSA) is 116 Å². The molecule has 0 aliphatic heterocycles. The van der Waals surface area contributed by atoms with E-state index >= 15 is 0 Å². The van der Waals surface area contributed by atoms with Gasteiger partial charge >= 0.3 is 5.69 Å². The van der Waals surface area contributed by atoms with Crippen molar-refractivity contribution < 1.29 is 14.5 Å². The highest BCUT2D eigenvalue weighted by Crippen LogP contribution is 2.32. The maximum Gasteiger partial charge on any atom is 0.311 e. The molecule has 0 aliphatic rings. The summed E-state index contributed by atoms with van der Waals surface area (Å²) in [5.41, 5.74) is 1.05. The Kier molecular flexibility index (Phi) is 4.84. The van der Waals surface area contributed by atoms with Crippen molar-refractivity contribution in [2.45, 2.75) is 13.5 Å². The van der Waals surface area contributed by atoms with E-state index in [0.29, 0.717) is 22.2 Å². The number of carbonyl (C=O) groups excluding carboxylic acids is 1. The molecule has 9 nitrogen and oxygen atoms in total. The number of nitro groups is 1. The van der Waals surface area contributed by atoms with Crippen LogP contribution in [0.25, 0.3) is 10.9 Å². The van der Waals surface area contributed by atoms with E-state index in [1.807, 2.05) is 0 Å². The van der Waals surface area contributed by atoms with Crippen molar-refractivity contribution in [2.75, 3.05) is 12.4 Å². The largest absolute Gasteiger partial charge is 0.490 e. The first-order valence-corrected chi connectivity index (χ1v) is 7.98. The van der Waals surface area contributed by atoms with Crippen molar-refractivity contribution in [3.8, 4) is 5.75 Å². The molecule has 0 bridgehead atoms. The van der Waals surface area contributed by atoms with Gasteiger partial charge in [-0.05, 0) is 24.6 Å². The highest BCUT2D eigenvalue weighted by molar-refractivity contribution is 5.92. The minimum Gasteiger partial charge on any atom is -0.490 e. The van der Waals surface area contributed by atoms with Crippen LogP contribution in [0.15, 0.2) is 47.4 Å². The fourth-order valence-electron chi connectivity index (χ4n) is 2.73. The molecule has 0 atom stereocenters. The third-order valence-electron chi connectivity index (χ3n) is 4.05. The van der Waals surface area contributed by atoms with Gasteiger partial charge in [0.2, 0.25) is 11.3 Å². The number of benzene rings is 2. The molecule has 0 spiro atoms. The summed E-state index contributed by atoms with van der Waals surface area (Å²) in [4.78, 5) is 34.8. The lowest BCUT2D eigenvalue weighted by Gasteiger charge is -2.12. The predicted octanol–water partition coefficient (Wildman–Crippen LogP) is 2.26. The number of fused-ring (bicyclic) bond motifs is 1.